The lowest BCUT2D eigenvalue weighted by Gasteiger charge is -2.22. The largest absolute Gasteiger partial charge is 0.481 e. The van der Waals surface area contributed by atoms with E-state index >= 15 is 0 Å². The van der Waals surface area contributed by atoms with Crippen molar-refractivity contribution in [3.63, 3.8) is 0 Å². The highest BCUT2D eigenvalue weighted by Gasteiger charge is 2.21. The summed E-state index contributed by atoms with van der Waals surface area (Å²) in [6, 6.07) is 8.34. The highest BCUT2D eigenvalue weighted by molar-refractivity contribution is 5.70. The van der Waals surface area contributed by atoms with Crippen LogP contribution in [0.2, 0.25) is 0 Å². The van der Waals surface area contributed by atoms with Gasteiger partial charge in [-0.15, -0.1) is 0 Å². The van der Waals surface area contributed by atoms with Crippen molar-refractivity contribution in [2.24, 2.45) is 5.92 Å². The van der Waals surface area contributed by atoms with Crippen LogP contribution in [-0.4, -0.2) is 22.3 Å². The molecule has 1 aliphatic rings. The lowest BCUT2D eigenvalue weighted by molar-refractivity contribution is -0.144. The Morgan fingerprint density at radius 3 is 2.35 bits per heavy atom. The summed E-state index contributed by atoms with van der Waals surface area (Å²) in [7, 11) is 0. The Bertz CT molecular complexity index is 432. The second-order valence-corrected chi connectivity index (χ2v) is 5.97. The van der Waals surface area contributed by atoms with Crippen molar-refractivity contribution in [2.75, 3.05) is 0 Å². The summed E-state index contributed by atoms with van der Waals surface area (Å²) in [5.74, 6) is -0.995. The number of aliphatic hydroxyl groups is 1. The van der Waals surface area contributed by atoms with Crippen LogP contribution in [0.1, 0.15) is 56.1 Å². The summed E-state index contributed by atoms with van der Waals surface area (Å²) in [5, 5.41) is 18.8. The van der Waals surface area contributed by atoms with Gasteiger partial charge in [-0.05, 0) is 43.2 Å². The number of rotatable bonds is 5. The number of aliphatic hydroxyl groups excluding tert-OH is 1. The first-order valence-electron chi connectivity index (χ1n) is 7.57. The van der Waals surface area contributed by atoms with Gasteiger partial charge in [0.15, 0.2) is 0 Å². The van der Waals surface area contributed by atoms with Crippen molar-refractivity contribution < 1.29 is 15.0 Å². The molecule has 2 unspecified atom stereocenters. The fourth-order valence-corrected chi connectivity index (χ4v) is 2.94. The molecule has 1 aromatic rings. The molecule has 3 nitrogen and oxygen atoms in total. The maximum absolute atomic E-state index is 10.8. The molecule has 20 heavy (non-hydrogen) atoms. The van der Waals surface area contributed by atoms with E-state index < -0.39 is 18.0 Å². The van der Waals surface area contributed by atoms with Gasteiger partial charge >= 0.3 is 5.97 Å². The van der Waals surface area contributed by atoms with Crippen molar-refractivity contribution >= 4 is 5.97 Å². The number of carboxylic acids is 1. The Morgan fingerprint density at radius 1 is 1.20 bits per heavy atom. The number of carbonyl (C=O) groups is 1. The van der Waals surface area contributed by atoms with E-state index in [2.05, 4.69) is 12.1 Å². The quantitative estimate of drug-likeness (QED) is 0.867. The topological polar surface area (TPSA) is 57.5 Å². The van der Waals surface area contributed by atoms with Gasteiger partial charge < -0.3 is 10.2 Å². The van der Waals surface area contributed by atoms with Gasteiger partial charge in [0.2, 0.25) is 0 Å². The zero-order valence-corrected chi connectivity index (χ0v) is 12.1. The summed E-state index contributed by atoms with van der Waals surface area (Å²) in [5.41, 5.74) is 2.39. The maximum atomic E-state index is 10.8. The van der Waals surface area contributed by atoms with E-state index in [1.165, 1.54) is 37.7 Å². The molecule has 0 aliphatic heterocycles. The third-order valence-corrected chi connectivity index (χ3v) is 4.47. The second kappa shape index (κ2) is 6.89. The maximum Gasteiger partial charge on any atom is 0.308 e. The van der Waals surface area contributed by atoms with E-state index in [-0.39, 0.29) is 0 Å². The number of aliphatic carboxylic acids is 1. The predicted octanol–water partition coefficient (Wildman–Crippen LogP) is 3.36. The normalized spacial score (nSPS) is 19.5. The molecule has 110 valence electrons. The van der Waals surface area contributed by atoms with Crippen LogP contribution in [0.3, 0.4) is 0 Å². The third kappa shape index (κ3) is 3.83. The third-order valence-electron chi connectivity index (χ3n) is 4.47. The Balaban J connectivity index is 1.95. The van der Waals surface area contributed by atoms with Gasteiger partial charge in [-0.3, -0.25) is 4.79 Å². The molecule has 0 radical (unpaired) electrons. The fraction of sp³-hybridized carbons (Fsp3) is 0.588. The zero-order valence-electron chi connectivity index (χ0n) is 12.1. The monoisotopic (exact) mass is 276 g/mol. The van der Waals surface area contributed by atoms with Gasteiger partial charge in [0.25, 0.3) is 0 Å². The zero-order chi connectivity index (χ0) is 14.5. The second-order valence-electron chi connectivity index (χ2n) is 5.97. The van der Waals surface area contributed by atoms with Gasteiger partial charge in [0, 0.05) is 0 Å². The summed E-state index contributed by atoms with van der Waals surface area (Å²) < 4.78 is 0. The van der Waals surface area contributed by atoms with Crippen LogP contribution in [0.5, 0.6) is 0 Å². The molecule has 0 spiro atoms. The molecule has 2 rings (SSSR count). The Labute approximate surface area is 120 Å². The Kier molecular flexibility index (Phi) is 5.18. The predicted molar refractivity (Wildman–Crippen MR) is 78.8 cm³/mol. The van der Waals surface area contributed by atoms with Crippen LogP contribution in [0.4, 0.5) is 0 Å². The number of carboxylic acid groups (broad SMARTS) is 1. The molecule has 1 aliphatic carbocycles. The lowest BCUT2D eigenvalue weighted by atomic mass is 9.83. The Morgan fingerprint density at radius 2 is 1.80 bits per heavy atom. The fourth-order valence-electron chi connectivity index (χ4n) is 2.94. The first-order chi connectivity index (χ1) is 9.58. The summed E-state index contributed by atoms with van der Waals surface area (Å²) >= 11 is 0. The molecule has 1 fully saturated rings. The minimum atomic E-state index is -0.948. The van der Waals surface area contributed by atoms with Crippen molar-refractivity contribution in [3.05, 3.63) is 35.4 Å². The minimum absolute atomic E-state index is 0.401. The van der Waals surface area contributed by atoms with Crippen LogP contribution in [0.25, 0.3) is 0 Å². The van der Waals surface area contributed by atoms with Gasteiger partial charge in [-0.2, -0.15) is 0 Å². The molecule has 0 bridgehead atoms. The number of hydrogen-bond acceptors (Lipinski definition) is 2. The van der Waals surface area contributed by atoms with Gasteiger partial charge in [0.1, 0.15) is 0 Å². The van der Waals surface area contributed by atoms with E-state index in [1.807, 2.05) is 12.1 Å². The van der Waals surface area contributed by atoms with Crippen LogP contribution < -0.4 is 0 Å². The van der Waals surface area contributed by atoms with Gasteiger partial charge in [-0.25, -0.2) is 0 Å². The van der Waals surface area contributed by atoms with Crippen LogP contribution in [0, 0.1) is 5.92 Å². The van der Waals surface area contributed by atoms with Crippen LogP contribution >= 0.6 is 0 Å². The molecule has 2 atom stereocenters. The summed E-state index contributed by atoms with van der Waals surface area (Å²) in [6.07, 6.45) is 6.12. The molecule has 1 aromatic carbocycles. The smallest absolute Gasteiger partial charge is 0.308 e. The van der Waals surface area contributed by atoms with Crippen molar-refractivity contribution in [1.82, 2.24) is 0 Å². The number of benzene rings is 1. The molecule has 3 heteroatoms. The molecular formula is C17H24O3. The lowest BCUT2D eigenvalue weighted by Crippen LogP contribution is -2.27. The summed E-state index contributed by atoms with van der Waals surface area (Å²) in [4.78, 5) is 10.8. The van der Waals surface area contributed by atoms with E-state index in [0.29, 0.717) is 12.3 Å². The van der Waals surface area contributed by atoms with Gasteiger partial charge in [0.05, 0.1) is 12.0 Å². The average molecular weight is 276 g/mol. The highest BCUT2D eigenvalue weighted by atomic mass is 16.4. The van der Waals surface area contributed by atoms with E-state index in [0.717, 1.165) is 5.56 Å². The molecule has 0 aromatic heterocycles. The standard InChI is InChI=1S/C17H24O3/c1-12(17(19)20)16(18)11-13-7-9-15(10-8-13)14-5-3-2-4-6-14/h7-10,12,14,16,18H,2-6,11H2,1H3,(H,19,20). The van der Waals surface area contributed by atoms with Crippen molar-refractivity contribution in [3.8, 4) is 0 Å². The molecule has 0 amide bonds. The van der Waals surface area contributed by atoms with E-state index in [9.17, 15) is 9.90 Å². The first kappa shape index (κ1) is 15.0. The van der Waals surface area contributed by atoms with Crippen molar-refractivity contribution in [1.29, 1.82) is 0 Å². The first-order valence-corrected chi connectivity index (χ1v) is 7.57. The summed E-state index contributed by atoms with van der Waals surface area (Å²) in [6.45, 7) is 1.55. The van der Waals surface area contributed by atoms with Crippen LogP contribution in [-0.2, 0) is 11.2 Å². The van der Waals surface area contributed by atoms with Gasteiger partial charge in [-0.1, -0.05) is 43.5 Å². The Hall–Kier alpha value is -1.35. The average Bonchev–Trinajstić information content (AvgIpc) is 2.48. The SMILES string of the molecule is CC(C(=O)O)C(O)Cc1ccc(C2CCCCC2)cc1. The molecule has 0 saturated heterocycles. The van der Waals surface area contributed by atoms with E-state index in [4.69, 9.17) is 5.11 Å². The number of hydrogen-bond donors (Lipinski definition) is 2. The van der Waals surface area contributed by atoms with Crippen molar-refractivity contribution in [2.45, 2.75) is 57.5 Å². The van der Waals surface area contributed by atoms with Crippen LogP contribution in [0.15, 0.2) is 24.3 Å². The molecule has 2 N–H and O–H groups in total. The van der Waals surface area contributed by atoms with E-state index in [1.54, 1.807) is 6.92 Å². The highest BCUT2D eigenvalue weighted by Crippen LogP contribution is 2.32. The minimum Gasteiger partial charge on any atom is -0.481 e. The molecule has 1 saturated carbocycles. The molecular weight excluding hydrogens is 252 g/mol. The molecule has 0 heterocycles.